The van der Waals surface area contributed by atoms with Crippen molar-refractivity contribution in [2.75, 3.05) is 23.0 Å². The summed E-state index contributed by atoms with van der Waals surface area (Å²) in [6, 6.07) is 3.86. The van der Waals surface area contributed by atoms with Crippen LogP contribution in [-0.4, -0.2) is 22.2 Å². The predicted molar refractivity (Wildman–Crippen MR) is 62.4 cm³/mol. The molecule has 2 nitrogen and oxygen atoms in total. The normalized spacial score (nSPS) is 10.2. The molecule has 0 aromatic carbocycles. The Morgan fingerprint density at radius 3 is 2.85 bits per heavy atom. The first-order chi connectivity index (χ1) is 6.33. The van der Waals surface area contributed by atoms with E-state index in [1.54, 1.807) is 18.0 Å². The van der Waals surface area contributed by atoms with Gasteiger partial charge in [0.25, 0.3) is 0 Å². The molecule has 13 heavy (non-hydrogen) atoms. The van der Waals surface area contributed by atoms with Crippen LogP contribution in [0.2, 0.25) is 0 Å². The van der Waals surface area contributed by atoms with Gasteiger partial charge in [-0.05, 0) is 17.9 Å². The highest BCUT2D eigenvalue weighted by molar-refractivity contribution is 8.02. The van der Waals surface area contributed by atoms with Gasteiger partial charge < -0.3 is 5.73 Å². The zero-order valence-corrected chi connectivity index (χ0v) is 9.33. The van der Waals surface area contributed by atoms with Crippen LogP contribution in [0.25, 0.3) is 0 Å². The number of nitrogens with two attached hydrogens (primary N) is 1. The highest BCUT2D eigenvalue weighted by Crippen LogP contribution is 2.17. The summed E-state index contributed by atoms with van der Waals surface area (Å²) in [5.74, 6) is 3.50. The van der Waals surface area contributed by atoms with Gasteiger partial charge >= 0.3 is 0 Å². The van der Waals surface area contributed by atoms with E-state index in [1.165, 1.54) is 11.5 Å². The molecule has 1 aromatic heterocycles. The van der Waals surface area contributed by atoms with Crippen LogP contribution in [0.3, 0.4) is 0 Å². The van der Waals surface area contributed by atoms with Crippen LogP contribution in [0, 0.1) is 0 Å². The molecule has 0 atom stereocenters. The Labute approximate surface area is 87.7 Å². The summed E-state index contributed by atoms with van der Waals surface area (Å²) in [5, 5.41) is 1.06. The van der Waals surface area contributed by atoms with Gasteiger partial charge in [-0.2, -0.15) is 11.8 Å². The lowest BCUT2D eigenvalue weighted by atomic mass is 10.4. The molecule has 4 heteroatoms. The van der Waals surface area contributed by atoms with Crippen LogP contribution >= 0.6 is 23.5 Å². The molecule has 0 spiro atoms. The summed E-state index contributed by atoms with van der Waals surface area (Å²) >= 11 is 3.74. The van der Waals surface area contributed by atoms with E-state index in [0.29, 0.717) is 0 Å². The fourth-order valence-electron chi connectivity index (χ4n) is 0.827. The van der Waals surface area contributed by atoms with Crippen molar-refractivity contribution in [1.82, 2.24) is 4.98 Å². The number of thioether (sulfide) groups is 2. The van der Waals surface area contributed by atoms with Crippen molar-refractivity contribution in [3.05, 3.63) is 18.3 Å². The molecule has 1 heterocycles. The number of hydrogen-bond donors (Lipinski definition) is 1. The smallest absolute Gasteiger partial charge is 0.0961 e. The Kier molecular flexibility index (Phi) is 5.08. The van der Waals surface area contributed by atoms with Crippen LogP contribution in [0.4, 0.5) is 5.69 Å². The highest BCUT2D eigenvalue weighted by atomic mass is 32.2. The maximum absolute atomic E-state index is 5.53. The average Bonchev–Trinajstić information content (AvgIpc) is 2.15. The summed E-state index contributed by atoms with van der Waals surface area (Å²) < 4.78 is 0. The van der Waals surface area contributed by atoms with E-state index in [-0.39, 0.29) is 0 Å². The number of aromatic nitrogens is 1. The standard InChI is InChI=1S/C9H14N2S2/c1-2-12-5-6-13-9-4-3-8(10)7-11-9/h3-4,7H,2,5-6,10H2,1H3. The summed E-state index contributed by atoms with van der Waals surface area (Å²) in [5.41, 5.74) is 6.26. The molecular formula is C9H14N2S2. The van der Waals surface area contributed by atoms with Gasteiger partial charge in [0.15, 0.2) is 0 Å². The molecule has 0 fully saturated rings. The van der Waals surface area contributed by atoms with E-state index >= 15 is 0 Å². The third-order valence-corrected chi connectivity index (χ3v) is 3.55. The van der Waals surface area contributed by atoms with Gasteiger partial charge in [-0.25, -0.2) is 4.98 Å². The third kappa shape index (κ3) is 4.43. The first-order valence-corrected chi connectivity index (χ1v) is 6.39. The lowest BCUT2D eigenvalue weighted by Gasteiger charge is -1.99. The first-order valence-electron chi connectivity index (χ1n) is 4.25. The molecule has 0 aliphatic rings. The number of hydrogen-bond acceptors (Lipinski definition) is 4. The molecule has 1 aromatic rings. The maximum atomic E-state index is 5.53. The minimum atomic E-state index is 0.729. The molecule has 0 aliphatic heterocycles. The van der Waals surface area contributed by atoms with E-state index in [1.807, 2.05) is 23.9 Å². The molecule has 0 saturated carbocycles. The number of nitrogen functional groups attached to an aromatic ring is 1. The zero-order valence-electron chi connectivity index (χ0n) is 7.69. The van der Waals surface area contributed by atoms with Crippen molar-refractivity contribution in [2.24, 2.45) is 0 Å². The van der Waals surface area contributed by atoms with Crippen molar-refractivity contribution in [2.45, 2.75) is 11.9 Å². The quantitative estimate of drug-likeness (QED) is 0.604. The Morgan fingerprint density at radius 1 is 1.38 bits per heavy atom. The van der Waals surface area contributed by atoms with E-state index in [2.05, 4.69) is 11.9 Å². The SMILES string of the molecule is CCSCCSc1ccc(N)cn1. The second-order valence-electron chi connectivity index (χ2n) is 2.48. The van der Waals surface area contributed by atoms with Gasteiger partial charge in [0.05, 0.1) is 16.9 Å². The van der Waals surface area contributed by atoms with Crippen molar-refractivity contribution >= 4 is 29.2 Å². The monoisotopic (exact) mass is 214 g/mol. The van der Waals surface area contributed by atoms with E-state index < -0.39 is 0 Å². The number of rotatable bonds is 5. The van der Waals surface area contributed by atoms with Crippen molar-refractivity contribution < 1.29 is 0 Å². The molecule has 72 valence electrons. The molecular weight excluding hydrogens is 200 g/mol. The first kappa shape index (κ1) is 10.7. The van der Waals surface area contributed by atoms with Crippen LogP contribution in [0.1, 0.15) is 6.92 Å². The van der Waals surface area contributed by atoms with Gasteiger partial charge in [-0.1, -0.05) is 6.92 Å². The Hall–Kier alpha value is -0.350. The average molecular weight is 214 g/mol. The van der Waals surface area contributed by atoms with Gasteiger partial charge in [0.1, 0.15) is 0 Å². The van der Waals surface area contributed by atoms with Gasteiger partial charge in [-0.15, -0.1) is 11.8 Å². The summed E-state index contributed by atoms with van der Waals surface area (Å²) in [6.45, 7) is 2.18. The van der Waals surface area contributed by atoms with Gasteiger partial charge in [0.2, 0.25) is 0 Å². The predicted octanol–water partition coefficient (Wildman–Crippen LogP) is 2.51. The minimum absolute atomic E-state index is 0.729. The topological polar surface area (TPSA) is 38.9 Å². The number of pyridine rings is 1. The Morgan fingerprint density at radius 2 is 2.23 bits per heavy atom. The largest absolute Gasteiger partial charge is 0.397 e. The second kappa shape index (κ2) is 6.16. The van der Waals surface area contributed by atoms with E-state index in [0.717, 1.165) is 16.5 Å². The van der Waals surface area contributed by atoms with Gasteiger partial charge in [-0.3, -0.25) is 0 Å². The van der Waals surface area contributed by atoms with Crippen molar-refractivity contribution in [3.8, 4) is 0 Å². The van der Waals surface area contributed by atoms with Crippen LogP contribution in [-0.2, 0) is 0 Å². The fourth-order valence-corrected chi connectivity index (χ4v) is 2.42. The van der Waals surface area contributed by atoms with Gasteiger partial charge in [0, 0.05) is 11.5 Å². The van der Waals surface area contributed by atoms with Crippen LogP contribution in [0.5, 0.6) is 0 Å². The Bertz CT molecular complexity index is 236. The van der Waals surface area contributed by atoms with Crippen molar-refractivity contribution in [3.63, 3.8) is 0 Å². The Balaban J connectivity index is 2.25. The maximum Gasteiger partial charge on any atom is 0.0961 e. The molecule has 0 bridgehead atoms. The number of anilines is 1. The zero-order chi connectivity index (χ0) is 9.52. The molecule has 0 radical (unpaired) electrons. The fraction of sp³-hybridized carbons (Fsp3) is 0.444. The van der Waals surface area contributed by atoms with E-state index in [4.69, 9.17) is 5.73 Å². The molecule has 0 aliphatic carbocycles. The minimum Gasteiger partial charge on any atom is -0.397 e. The van der Waals surface area contributed by atoms with Crippen LogP contribution in [0.15, 0.2) is 23.4 Å². The molecule has 0 saturated heterocycles. The molecule has 0 unspecified atom stereocenters. The molecule has 2 N–H and O–H groups in total. The molecule has 0 amide bonds. The second-order valence-corrected chi connectivity index (χ2v) is 4.98. The summed E-state index contributed by atoms with van der Waals surface area (Å²) in [7, 11) is 0. The lowest BCUT2D eigenvalue weighted by molar-refractivity contribution is 1.14. The highest BCUT2D eigenvalue weighted by Gasteiger charge is 1.94. The lowest BCUT2D eigenvalue weighted by Crippen LogP contribution is -1.89. The summed E-state index contributed by atoms with van der Waals surface area (Å²) in [6.07, 6.45) is 1.70. The van der Waals surface area contributed by atoms with E-state index in [9.17, 15) is 0 Å². The van der Waals surface area contributed by atoms with Crippen molar-refractivity contribution in [1.29, 1.82) is 0 Å². The summed E-state index contributed by atoms with van der Waals surface area (Å²) in [4.78, 5) is 4.20. The molecule has 1 rings (SSSR count). The number of nitrogens with zero attached hydrogens (tertiary/aromatic N) is 1. The third-order valence-electron chi connectivity index (χ3n) is 1.44. The van der Waals surface area contributed by atoms with Crippen LogP contribution < -0.4 is 5.73 Å².